The summed E-state index contributed by atoms with van der Waals surface area (Å²) in [6, 6.07) is 2.27. The highest BCUT2D eigenvalue weighted by molar-refractivity contribution is 5.04. The Hall–Kier alpha value is -0.950. The number of nitrogens with one attached hydrogen (secondary N) is 2. The average Bonchev–Trinajstić information content (AvgIpc) is 2.80. The third kappa shape index (κ3) is 6.11. The van der Waals surface area contributed by atoms with Gasteiger partial charge in [0.25, 0.3) is 0 Å². The number of hydrogen-bond donors (Lipinski definition) is 2. The monoisotopic (exact) mass is 257 g/mol. The maximum absolute atomic E-state index is 5.10. The third-order valence-electron chi connectivity index (χ3n) is 2.46. The summed E-state index contributed by atoms with van der Waals surface area (Å²) in [4.78, 5) is 0. The molecule has 0 saturated carbocycles. The molecule has 0 aromatic carbocycles. The van der Waals surface area contributed by atoms with Gasteiger partial charge in [-0.3, -0.25) is 0 Å². The van der Waals surface area contributed by atoms with Gasteiger partial charge in [0.1, 0.15) is 6.61 Å². The predicted octanol–water partition coefficient (Wildman–Crippen LogP) is 0.535. The lowest BCUT2D eigenvalue weighted by Gasteiger charge is -2.13. The first kappa shape index (κ1) is 15.1. The van der Waals surface area contributed by atoms with E-state index in [0.717, 1.165) is 31.2 Å². The fourth-order valence-electron chi connectivity index (χ4n) is 1.49. The predicted molar refractivity (Wildman–Crippen MR) is 68.3 cm³/mol. The summed E-state index contributed by atoms with van der Waals surface area (Å²) in [5.74, 6) is 0.750. The van der Waals surface area contributed by atoms with Crippen molar-refractivity contribution in [3.63, 3.8) is 0 Å². The number of hydrogen-bond acceptors (Lipinski definition) is 6. The molecule has 6 nitrogen and oxygen atoms in total. The summed E-state index contributed by atoms with van der Waals surface area (Å²) in [7, 11) is 3.33. The van der Waals surface area contributed by atoms with E-state index in [1.54, 1.807) is 14.2 Å². The molecule has 2 N–H and O–H groups in total. The first-order chi connectivity index (χ1) is 8.76. The van der Waals surface area contributed by atoms with Crippen LogP contribution in [-0.4, -0.2) is 45.1 Å². The molecule has 18 heavy (non-hydrogen) atoms. The van der Waals surface area contributed by atoms with Gasteiger partial charge in [-0.25, -0.2) is 0 Å². The molecule has 1 rings (SSSR count). The molecule has 0 saturated heterocycles. The second kappa shape index (κ2) is 9.04. The van der Waals surface area contributed by atoms with E-state index in [1.807, 2.05) is 6.07 Å². The smallest absolute Gasteiger partial charge is 0.162 e. The highest BCUT2D eigenvalue weighted by Crippen LogP contribution is 2.04. The van der Waals surface area contributed by atoms with Crippen LogP contribution in [0.15, 0.2) is 10.6 Å². The number of nitrogens with zero attached hydrogens (tertiary/aromatic N) is 1. The fourth-order valence-corrected chi connectivity index (χ4v) is 1.49. The van der Waals surface area contributed by atoms with Crippen molar-refractivity contribution in [3.8, 4) is 0 Å². The van der Waals surface area contributed by atoms with Gasteiger partial charge < -0.3 is 24.6 Å². The minimum atomic E-state index is 0.365. The molecular weight excluding hydrogens is 234 g/mol. The molecular formula is C12H23N3O3. The number of aromatic nitrogens is 1. The van der Waals surface area contributed by atoms with Crippen LogP contribution in [0.3, 0.4) is 0 Å². The molecule has 0 spiro atoms. The Balaban J connectivity index is 2.14. The Labute approximate surface area is 108 Å². The highest BCUT2D eigenvalue weighted by Gasteiger charge is 2.05. The first-order valence-corrected chi connectivity index (χ1v) is 6.12. The van der Waals surface area contributed by atoms with Gasteiger partial charge in [0.15, 0.2) is 5.76 Å². The first-order valence-electron chi connectivity index (χ1n) is 6.12. The van der Waals surface area contributed by atoms with Crippen molar-refractivity contribution < 1.29 is 14.0 Å². The molecule has 0 radical (unpaired) electrons. The number of ether oxygens (including phenoxy) is 2. The van der Waals surface area contributed by atoms with Gasteiger partial charge in [0.05, 0.1) is 12.3 Å². The van der Waals surface area contributed by atoms with Gasteiger partial charge in [-0.2, -0.15) is 0 Å². The van der Waals surface area contributed by atoms with Crippen molar-refractivity contribution in [2.24, 2.45) is 0 Å². The lowest BCUT2D eigenvalue weighted by atomic mass is 10.3. The lowest BCUT2D eigenvalue weighted by Crippen LogP contribution is -2.37. The minimum Gasteiger partial charge on any atom is -0.383 e. The van der Waals surface area contributed by atoms with Crippen LogP contribution in [-0.2, 0) is 22.6 Å². The van der Waals surface area contributed by atoms with E-state index in [2.05, 4.69) is 22.7 Å². The quantitative estimate of drug-likeness (QED) is 0.596. The maximum atomic E-state index is 5.10. The standard InChI is InChI=1S/C12H23N3O3/c1-10(7-13-4-5-16-2)14-8-11-6-12(9-17-3)18-15-11/h6,10,13-14H,4-5,7-9H2,1-3H3. The van der Waals surface area contributed by atoms with Crippen molar-refractivity contribution in [2.45, 2.75) is 26.1 Å². The van der Waals surface area contributed by atoms with E-state index in [4.69, 9.17) is 14.0 Å². The fraction of sp³-hybridized carbons (Fsp3) is 0.750. The van der Waals surface area contributed by atoms with E-state index < -0.39 is 0 Å². The van der Waals surface area contributed by atoms with Crippen LogP contribution in [0.5, 0.6) is 0 Å². The topological polar surface area (TPSA) is 68.5 Å². The SMILES string of the molecule is COCCNCC(C)NCc1cc(COC)on1. The molecule has 0 fully saturated rings. The molecule has 104 valence electrons. The van der Waals surface area contributed by atoms with Gasteiger partial charge >= 0.3 is 0 Å². The Morgan fingerprint density at radius 3 is 2.94 bits per heavy atom. The van der Waals surface area contributed by atoms with Gasteiger partial charge in [-0.15, -0.1) is 0 Å². The second-order valence-corrected chi connectivity index (χ2v) is 4.20. The molecule has 0 amide bonds. The van der Waals surface area contributed by atoms with Crippen molar-refractivity contribution >= 4 is 0 Å². The van der Waals surface area contributed by atoms with E-state index in [-0.39, 0.29) is 0 Å². The van der Waals surface area contributed by atoms with Crippen LogP contribution in [0, 0.1) is 0 Å². The van der Waals surface area contributed by atoms with Crippen molar-refractivity contribution in [1.29, 1.82) is 0 Å². The zero-order chi connectivity index (χ0) is 13.2. The van der Waals surface area contributed by atoms with Crippen LogP contribution in [0.25, 0.3) is 0 Å². The number of methoxy groups -OCH3 is 2. The van der Waals surface area contributed by atoms with Crippen LogP contribution in [0.4, 0.5) is 0 Å². The van der Waals surface area contributed by atoms with Gasteiger partial charge in [-0.05, 0) is 6.92 Å². The van der Waals surface area contributed by atoms with Crippen molar-refractivity contribution in [3.05, 3.63) is 17.5 Å². The Morgan fingerprint density at radius 2 is 2.22 bits per heavy atom. The van der Waals surface area contributed by atoms with E-state index in [0.29, 0.717) is 19.2 Å². The van der Waals surface area contributed by atoms with E-state index >= 15 is 0 Å². The molecule has 1 atom stereocenters. The molecule has 0 aliphatic carbocycles. The molecule has 0 bridgehead atoms. The summed E-state index contributed by atoms with van der Waals surface area (Å²) < 4.78 is 15.0. The average molecular weight is 257 g/mol. The lowest BCUT2D eigenvalue weighted by molar-refractivity contribution is 0.155. The van der Waals surface area contributed by atoms with Gasteiger partial charge in [-0.1, -0.05) is 5.16 Å². The molecule has 1 aromatic rings. The van der Waals surface area contributed by atoms with Gasteiger partial charge in [0.2, 0.25) is 0 Å². The summed E-state index contributed by atoms with van der Waals surface area (Å²) in [5, 5.41) is 10.6. The maximum Gasteiger partial charge on any atom is 0.162 e. The van der Waals surface area contributed by atoms with Gasteiger partial charge in [0, 0.05) is 46.0 Å². The normalized spacial score (nSPS) is 12.8. The molecule has 0 aliphatic heterocycles. The van der Waals surface area contributed by atoms with Crippen molar-refractivity contribution in [2.75, 3.05) is 33.9 Å². The van der Waals surface area contributed by atoms with E-state index in [1.165, 1.54) is 0 Å². The van der Waals surface area contributed by atoms with E-state index in [9.17, 15) is 0 Å². The zero-order valence-corrected chi connectivity index (χ0v) is 11.4. The van der Waals surface area contributed by atoms with Crippen LogP contribution < -0.4 is 10.6 Å². The Kier molecular flexibility index (Phi) is 7.59. The molecule has 0 aliphatic rings. The zero-order valence-electron chi connectivity index (χ0n) is 11.4. The molecule has 1 heterocycles. The Bertz CT molecular complexity index is 317. The molecule has 1 unspecified atom stereocenters. The summed E-state index contributed by atoms with van der Waals surface area (Å²) >= 11 is 0. The van der Waals surface area contributed by atoms with Crippen LogP contribution >= 0.6 is 0 Å². The summed E-state index contributed by atoms with van der Waals surface area (Å²) in [6.45, 7) is 5.77. The third-order valence-corrected chi connectivity index (χ3v) is 2.46. The highest BCUT2D eigenvalue weighted by atomic mass is 16.5. The van der Waals surface area contributed by atoms with Crippen molar-refractivity contribution in [1.82, 2.24) is 15.8 Å². The Morgan fingerprint density at radius 1 is 1.39 bits per heavy atom. The molecule has 6 heteroatoms. The summed E-state index contributed by atoms with van der Waals surface area (Å²) in [6.07, 6.45) is 0. The van der Waals surface area contributed by atoms with Crippen LogP contribution in [0.2, 0.25) is 0 Å². The number of rotatable bonds is 10. The van der Waals surface area contributed by atoms with Crippen LogP contribution in [0.1, 0.15) is 18.4 Å². The molecule has 1 aromatic heterocycles. The summed E-state index contributed by atoms with van der Waals surface area (Å²) in [5.41, 5.74) is 0.894. The largest absolute Gasteiger partial charge is 0.383 e. The minimum absolute atomic E-state index is 0.365. The second-order valence-electron chi connectivity index (χ2n) is 4.20.